The summed E-state index contributed by atoms with van der Waals surface area (Å²) in [5, 5.41) is 4.32. The lowest BCUT2D eigenvalue weighted by Gasteiger charge is -2.15. The molecule has 0 aliphatic rings. The van der Waals surface area contributed by atoms with Crippen LogP contribution in [0, 0.1) is 0 Å². The van der Waals surface area contributed by atoms with Crippen LogP contribution in [0.1, 0.15) is 24.1 Å². The highest BCUT2D eigenvalue weighted by molar-refractivity contribution is 6.31. The van der Waals surface area contributed by atoms with Gasteiger partial charge in [0.25, 0.3) is 0 Å². The van der Waals surface area contributed by atoms with E-state index < -0.39 is 0 Å². The average molecular weight is 290 g/mol. The third-order valence-electron chi connectivity index (χ3n) is 3.39. The Labute approximate surface area is 125 Å². The molecule has 2 nitrogen and oxygen atoms in total. The fourth-order valence-corrected chi connectivity index (χ4v) is 2.46. The van der Waals surface area contributed by atoms with E-state index in [2.05, 4.69) is 30.4 Å². The highest BCUT2D eigenvalue weighted by Crippen LogP contribution is 2.22. The molecule has 2 rings (SSSR count). The first-order chi connectivity index (χ1) is 9.70. The van der Waals surface area contributed by atoms with Gasteiger partial charge in [0.05, 0.1) is 7.11 Å². The molecule has 0 saturated carbocycles. The fourth-order valence-electron chi connectivity index (χ4n) is 2.16. The highest BCUT2D eigenvalue weighted by Gasteiger charge is 2.07. The SMILES string of the molecule is COc1ccc(CCNC(C)c2ccccc2Cl)cc1. The number of hydrogen-bond donors (Lipinski definition) is 1. The summed E-state index contributed by atoms with van der Waals surface area (Å²) in [7, 11) is 1.68. The molecule has 1 atom stereocenters. The van der Waals surface area contributed by atoms with Crippen LogP contribution in [0.3, 0.4) is 0 Å². The van der Waals surface area contributed by atoms with E-state index in [0.717, 1.165) is 29.3 Å². The van der Waals surface area contributed by atoms with Gasteiger partial charge in [-0.05, 0) is 49.2 Å². The normalized spacial score (nSPS) is 12.2. The number of hydrogen-bond acceptors (Lipinski definition) is 2. The van der Waals surface area contributed by atoms with Crippen LogP contribution < -0.4 is 10.1 Å². The smallest absolute Gasteiger partial charge is 0.118 e. The molecule has 0 heterocycles. The van der Waals surface area contributed by atoms with Crippen molar-refractivity contribution < 1.29 is 4.74 Å². The summed E-state index contributed by atoms with van der Waals surface area (Å²) in [6, 6.07) is 16.4. The summed E-state index contributed by atoms with van der Waals surface area (Å²) in [4.78, 5) is 0. The molecule has 0 fully saturated rings. The Morgan fingerprint density at radius 1 is 1.10 bits per heavy atom. The van der Waals surface area contributed by atoms with E-state index in [1.54, 1.807) is 7.11 Å². The zero-order chi connectivity index (χ0) is 14.4. The average Bonchev–Trinajstić information content (AvgIpc) is 2.48. The molecule has 0 spiro atoms. The maximum Gasteiger partial charge on any atom is 0.118 e. The van der Waals surface area contributed by atoms with E-state index in [1.165, 1.54) is 5.56 Å². The van der Waals surface area contributed by atoms with Gasteiger partial charge in [-0.2, -0.15) is 0 Å². The lowest BCUT2D eigenvalue weighted by molar-refractivity contribution is 0.414. The van der Waals surface area contributed by atoms with E-state index >= 15 is 0 Å². The first-order valence-electron chi connectivity index (χ1n) is 6.81. The van der Waals surface area contributed by atoms with E-state index in [1.807, 2.05) is 30.3 Å². The molecule has 2 aromatic rings. The van der Waals surface area contributed by atoms with Gasteiger partial charge in [0.2, 0.25) is 0 Å². The predicted molar refractivity (Wildman–Crippen MR) is 84.6 cm³/mol. The molecular formula is C17H20ClNO. The van der Waals surface area contributed by atoms with Gasteiger partial charge in [-0.15, -0.1) is 0 Å². The Morgan fingerprint density at radius 2 is 1.80 bits per heavy atom. The Hall–Kier alpha value is -1.51. The number of nitrogens with one attached hydrogen (secondary N) is 1. The zero-order valence-electron chi connectivity index (χ0n) is 11.9. The molecular weight excluding hydrogens is 270 g/mol. The van der Waals surface area contributed by atoms with Crippen LogP contribution in [-0.2, 0) is 6.42 Å². The van der Waals surface area contributed by atoms with Crippen molar-refractivity contribution in [2.45, 2.75) is 19.4 Å². The predicted octanol–water partition coefficient (Wildman–Crippen LogP) is 4.24. The van der Waals surface area contributed by atoms with Gasteiger partial charge in [-0.25, -0.2) is 0 Å². The molecule has 0 bridgehead atoms. The van der Waals surface area contributed by atoms with Crippen LogP contribution in [0.25, 0.3) is 0 Å². The summed E-state index contributed by atoms with van der Waals surface area (Å²) >= 11 is 6.19. The standard InChI is InChI=1S/C17H20ClNO/c1-13(16-5-3-4-6-17(16)18)19-12-11-14-7-9-15(20-2)10-8-14/h3-10,13,19H,11-12H2,1-2H3. The van der Waals surface area contributed by atoms with Crippen molar-refractivity contribution in [1.29, 1.82) is 0 Å². The number of rotatable bonds is 6. The summed E-state index contributed by atoms with van der Waals surface area (Å²) in [6.45, 7) is 3.05. The van der Waals surface area contributed by atoms with Crippen molar-refractivity contribution in [3.05, 3.63) is 64.7 Å². The van der Waals surface area contributed by atoms with Crippen molar-refractivity contribution in [3.63, 3.8) is 0 Å². The molecule has 20 heavy (non-hydrogen) atoms. The molecule has 1 unspecified atom stereocenters. The first-order valence-corrected chi connectivity index (χ1v) is 7.19. The monoisotopic (exact) mass is 289 g/mol. The summed E-state index contributed by atoms with van der Waals surface area (Å²) in [5.41, 5.74) is 2.44. The Morgan fingerprint density at radius 3 is 2.45 bits per heavy atom. The van der Waals surface area contributed by atoms with Crippen molar-refractivity contribution >= 4 is 11.6 Å². The summed E-state index contributed by atoms with van der Waals surface area (Å²) in [6.07, 6.45) is 0.985. The zero-order valence-corrected chi connectivity index (χ0v) is 12.7. The van der Waals surface area contributed by atoms with Crippen LogP contribution in [0.5, 0.6) is 5.75 Å². The van der Waals surface area contributed by atoms with Gasteiger partial charge in [0.15, 0.2) is 0 Å². The largest absolute Gasteiger partial charge is 0.497 e. The lowest BCUT2D eigenvalue weighted by atomic mass is 10.1. The molecule has 0 aliphatic carbocycles. The molecule has 0 amide bonds. The molecule has 0 radical (unpaired) electrons. The highest BCUT2D eigenvalue weighted by atomic mass is 35.5. The second-order valence-corrected chi connectivity index (χ2v) is 5.20. The minimum Gasteiger partial charge on any atom is -0.497 e. The van der Waals surface area contributed by atoms with Gasteiger partial charge < -0.3 is 10.1 Å². The molecule has 0 aromatic heterocycles. The van der Waals surface area contributed by atoms with Crippen molar-refractivity contribution in [2.24, 2.45) is 0 Å². The maximum absolute atomic E-state index is 6.19. The number of ether oxygens (including phenoxy) is 1. The summed E-state index contributed by atoms with van der Waals surface area (Å²) < 4.78 is 5.15. The first kappa shape index (κ1) is 14.9. The van der Waals surface area contributed by atoms with Crippen molar-refractivity contribution in [3.8, 4) is 5.75 Å². The molecule has 1 N–H and O–H groups in total. The van der Waals surface area contributed by atoms with E-state index in [0.29, 0.717) is 0 Å². The van der Waals surface area contributed by atoms with Crippen LogP contribution >= 0.6 is 11.6 Å². The van der Waals surface area contributed by atoms with Crippen LogP contribution in [0.2, 0.25) is 5.02 Å². The minimum absolute atomic E-state index is 0.252. The Bertz CT molecular complexity index is 539. The molecule has 106 valence electrons. The topological polar surface area (TPSA) is 21.3 Å². The van der Waals surface area contributed by atoms with Crippen molar-refractivity contribution in [1.82, 2.24) is 5.32 Å². The Kier molecular flexibility index (Phi) is 5.45. The van der Waals surface area contributed by atoms with E-state index in [4.69, 9.17) is 16.3 Å². The van der Waals surface area contributed by atoms with Gasteiger partial charge in [-0.3, -0.25) is 0 Å². The maximum atomic E-state index is 6.19. The molecule has 0 aliphatic heterocycles. The third-order valence-corrected chi connectivity index (χ3v) is 3.74. The van der Waals surface area contributed by atoms with E-state index in [-0.39, 0.29) is 6.04 Å². The van der Waals surface area contributed by atoms with Crippen LogP contribution in [0.15, 0.2) is 48.5 Å². The number of methoxy groups -OCH3 is 1. The molecule has 0 saturated heterocycles. The van der Waals surface area contributed by atoms with Gasteiger partial charge in [-0.1, -0.05) is 41.9 Å². The number of benzene rings is 2. The second-order valence-electron chi connectivity index (χ2n) is 4.80. The molecule has 3 heteroatoms. The van der Waals surface area contributed by atoms with Crippen LogP contribution in [0.4, 0.5) is 0 Å². The third kappa shape index (κ3) is 3.99. The van der Waals surface area contributed by atoms with Gasteiger partial charge in [0.1, 0.15) is 5.75 Å². The number of halogens is 1. The fraction of sp³-hybridized carbons (Fsp3) is 0.294. The van der Waals surface area contributed by atoms with Gasteiger partial charge in [0, 0.05) is 11.1 Å². The second kappa shape index (κ2) is 7.32. The quantitative estimate of drug-likeness (QED) is 0.859. The minimum atomic E-state index is 0.252. The summed E-state index contributed by atoms with van der Waals surface area (Å²) in [5.74, 6) is 0.895. The lowest BCUT2D eigenvalue weighted by Crippen LogP contribution is -2.21. The van der Waals surface area contributed by atoms with Crippen molar-refractivity contribution in [2.75, 3.05) is 13.7 Å². The van der Waals surface area contributed by atoms with Crippen LogP contribution in [-0.4, -0.2) is 13.7 Å². The van der Waals surface area contributed by atoms with Gasteiger partial charge >= 0.3 is 0 Å². The van der Waals surface area contributed by atoms with E-state index in [9.17, 15) is 0 Å². The molecule has 2 aromatic carbocycles. The Balaban J connectivity index is 1.84.